The molecule has 0 atom stereocenters. The number of methoxy groups -OCH3 is 1. The van der Waals surface area contributed by atoms with Crippen LogP contribution in [0.5, 0.6) is 11.5 Å². The van der Waals surface area contributed by atoms with Crippen LogP contribution in [0.25, 0.3) is 12.2 Å². The molecule has 0 saturated heterocycles. The van der Waals surface area contributed by atoms with Crippen molar-refractivity contribution in [3.63, 3.8) is 0 Å². The molecule has 0 unspecified atom stereocenters. The van der Waals surface area contributed by atoms with E-state index in [1.165, 1.54) is 19.3 Å². The van der Waals surface area contributed by atoms with Crippen molar-refractivity contribution in [2.45, 2.75) is 19.8 Å². The Balaban J connectivity index is 2.33. The third-order valence-electron chi connectivity index (χ3n) is 3.51. The van der Waals surface area contributed by atoms with Gasteiger partial charge in [0, 0.05) is 0 Å². The molecule has 0 aliphatic rings. The maximum Gasteiger partial charge on any atom is 0.357 e. The van der Waals surface area contributed by atoms with Crippen LogP contribution in [0.1, 0.15) is 31.0 Å². The van der Waals surface area contributed by atoms with Crippen LogP contribution >= 0.6 is 0 Å². The molecule has 9 nitrogen and oxygen atoms in total. The number of aromatic nitrogens is 2. The molecule has 2 aromatic rings. The SMILES string of the molecule is CCCCOc1ccc(/C=C\c2[nH]c(=O)[nH]c(=O)c2[N+](=O)[O-])cc1OC. The zero-order chi connectivity index (χ0) is 19.1. The highest BCUT2D eigenvalue weighted by Gasteiger charge is 2.18. The Hall–Kier alpha value is -3.36. The summed E-state index contributed by atoms with van der Waals surface area (Å²) in [6, 6.07) is 5.15. The van der Waals surface area contributed by atoms with E-state index in [2.05, 4.69) is 11.9 Å². The second-order valence-corrected chi connectivity index (χ2v) is 5.37. The number of H-pyrrole nitrogens is 2. The Morgan fingerprint density at radius 3 is 2.62 bits per heavy atom. The summed E-state index contributed by atoms with van der Waals surface area (Å²) in [6.07, 6.45) is 4.75. The quantitative estimate of drug-likeness (QED) is 0.422. The minimum Gasteiger partial charge on any atom is -0.493 e. The maximum absolute atomic E-state index is 11.6. The summed E-state index contributed by atoms with van der Waals surface area (Å²) >= 11 is 0. The fourth-order valence-electron chi connectivity index (χ4n) is 2.21. The van der Waals surface area contributed by atoms with E-state index in [0.717, 1.165) is 12.8 Å². The van der Waals surface area contributed by atoms with Crippen molar-refractivity contribution >= 4 is 17.8 Å². The first kappa shape index (κ1) is 19.0. The molecule has 0 amide bonds. The molecule has 0 spiro atoms. The van der Waals surface area contributed by atoms with Crippen molar-refractivity contribution in [2.24, 2.45) is 0 Å². The number of benzene rings is 1. The number of hydrogen-bond donors (Lipinski definition) is 2. The summed E-state index contributed by atoms with van der Waals surface area (Å²) < 4.78 is 10.9. The number of nitrogens with zero attached hydrogens (tertiary/aromatic N) is 1. The Kier molecular flexibility index (Phi) is 6.31. The van der Waals surface area contributed by atoms with Gasteiger partial charge in [-0.25, -0.2) is 4.79 Å². The minimum absolute atomic E-state index is 0.189. The van der Waals surface area contributed by atoms with Crippen LogP contribution in [0.3, 0.4) is 0 Å². The monoisotopic (exact) mass is 361 g/mol. The molecule has 0 fully saturated rings. The first-order chi connectivity index (χ1) is 12.5. The van der Waals surface area contributed by atoms with Gasteiger partial charge in [0.25, 0.3) is 0 Å². The summed E-state index contributed by atoms with van der Waals surface area (Å²) in [4.78, 5) is 37.2. The standard InChI is InChI=1S/C17H19N3O6/c1-3-4-9-26-13-8-6-11(10-14(13)25-2)5-7-12-15(20(23)24)16(21)19-17(22)18-12/h5-8,10H,3-4,9H2,1-2H3,(H2,18,19,21,22)/b7-5-. The van der Waals surface area contributed by atoms with Crippen molar-refractivity contribution in [3.05, 3.63) is 60.4 Å². The van der Waals surface area contributed by atoms with Gasteiger partial charge in [0.1, 0.15) is 5.69 Å². The topological polar surface area (TPSA) is 127 Å². The van der Waals surface area contributed by atoms with E-state index in [4.69, 9.17) is 9.47 Å². The van der Waals surface area contributed by atoms with Crippen LogP contribution < -0.4 is 20.7 Å². The number of nitro groups is 1. The van der Waals surface area contributed by atoms with Gasteiger partial charge in [-0.05, 0) is 30.2 Å². The second-order valence-electron chi connectivity index (χ2n) is 5.37. The molecule has 0 bridgehead atoms. The third-order valence-corrected chi connectivity index (χ3v) is 3.51. The predicted octanol–water partition coefficient (Wildman–Crippen LogP) is 2.33. The van der Waals surface area contributed by atoms with Crippen LogP contribution in [-0.2, 0) is 0 Å². The number of nitrogens with one attached hydrogen (secondary N) is 2. The summed E-state index contributed by atoms with van der Waals surface area (Å²) in [6.45, 7) is 2.63. The Labute approximate surface area is 148 Å². The van der Waals surface area contributed by atoms with Crippen molar-refractivity contribution in [1.82, 2.24) is 9.97 Å². The van der Waals surface area contributed by atoms with Gasteiger partial charge in [-0.2, -0.15) is 0 Å². The lowest BCUT2D eigenvalue weighted by molar-refractivity contribution is -0.386. The summed E-state index contributed by atoms with van der Waals surface area (Å²) in [5, 5.41) is 11.0. The molecule has 0 saturated carbocycles. The Morgan fingerprint density at radius 1 is 1.19 bits per heavy atom. The van der Waals surface area contributed by atoms with E-state index in [9.17, 15) is 19.7 Å². The second kappa shape index (κ2) is 8.65. The molecule has 9 heteroatoms. The molecule has 138 valence electrons. The number of rotatable bonds is 8. The lowest BCUT2D eigenvalue weighted by Crippen LogP contribution is -2.25. The van der Waals surface area contributed by atoms with Gasteiger partial charge < -0.3 is 14.5 Å². The first-order valence-electron chi connectivity index (χ1n) is 7.96. The maximum atomic E-state index is 11.6. The normalized spacial score (nSPS) is 10.8. The molecular weight excluding hydrogens is 342 g/mol. The highest BCUT2D eigenvalue weighted by atomic mass is 16.6. The van der Waals surface area contributed by atoms with Gasteiger partial charge in [-0.1, -0.05) is 25.5 Å². The van der Waals surface area contributed by atoms with Crippen LogP contribution in [0, 0.1) is 10.1 Å². The average Bonchev–Trinajstić information content (AvgIpc) is 2.59. The summed E-state index contributed by atoms with van der Waals surface area (Å²) in [5.74, 6) is 1.10. The molecule has 1 heterocycles. The van der Waals surface area contributed by atoms with Crippen LogP contribution in [0.4, 0.5) is 5.69 Å². The van der Waals surface area contributed by atoms with E-state index in [1.54, 1.807) is 18.2 Å². The Bertz CT molecular complexity index is 929. The van der Waals surface area contributed by atoms with Crippen LogP contribution in [0.15, 0.2) is 27.8 Å². The van der Waals surface area contributed by atoms with E-state index in [1.807, 2.05) is 4.98 Å². The zero-order valence-corrected chi connectivity index (χ0v) is 14.4. The van der Waals surface area contributed by atoms with E-state index in [0.29, 0.717) is 23.7 Å². The largest absolute Gasteiger partial charge is 0.493 e. The molecule has 0 radical (unpaired) electrons. The van der Waals surface area contributed by atoms with Crippen molar-refractivity contribution < 1.29 is 14.4 Å². The lowest BCUT2D eigenvalue weighted by Gasteiger charge is -2.10. The van der Waals surface area contributed by atoms with Gasteiger partial charge in [0.15, 0.2) is 11.5 Å². The zero-order valence-electron chi connectivity index (χ0n) is 14.4. The van der Waals surface area contributed by atoms with Crippen molar-refractivity contribution in [2.75, 3.05) is 13.7 Å². The van der Waals surface area contributed by atoms with Gasteiger partial charge in [0.05, 0.1) is 18.6 Å². The number of ether oxygens (including phenoxy) is 2. The van der Waals surface area contributed by atoms with Gasteiger partial charge in [0.2, 0.25) is 0 Å². The molecule has 1 aromatic heterocycles. The highest BCUT2D eigenvalue weighted by Crippen LogP contribution is 2.29. The average molecular weight is 361 g/mol. The van der Waals surface area contributed by atoms with E-state index < -0.39 is 21.9 Å². The predicted molar refractivity (Wildman–Crippen MR) is 96.7 cm³/mol. The van der Waals surface area contributed by atoms with Gasteiger partial charge >= 0.3 is 16.9 Å². The van der Waals surface area contributed by atoms with Crippen LogP contribution in [0.2, 0.25) is 0 Å². The molecule has 2 N–H and O–H groups in total. The van der Waals surface area contributed by atoms with E-state index in [-0.39, 0.29) is 5.69 Å². The molecule has 0 aliphatic carbocycles. The Morgan fingerprint density at radius 2 is 1.96 bits per heavy atom. The summed E-state index contributed by atoms with van der Waals surface area (Å²) in [5.41, 5.74) is -2.15. The third kappa shape index (κ3) is 4.59. The smallest absolute Gasteiger partial charge is 0.357 e. The van der Waals surface area contributed by atoms with Crippen molar-refractivity contribution in [3.8, 4) is 11.5 Å². The van der Waals surface area contributed by atoms with E-state index >= 15 is 0 Å². The highest BCUT2D eigenvalue weighted by molar-refractivity contribution is 5.72. The minimum atomic E-state index is -1.06. The fraction of sp³-hybridized carbons (Fsp3) is 0.294. The van der Waals surface area contributed by atoms with Gasteiger partial charge in [-0.15, -0.1) is 0 Å². The summed E-state index contributed by atoms with van der Waals surface area (Å²) in [7, 11) is 1.51. The molecule has 0 aliphatic heterocycles. The number of hydrogen-bond acceptors (Lipinski definition) is 6. The molecule has 2 rings (SSSR count). The van der Waals surface area contributed by atoms with Gasteiger partial charge in [-0.3, -0.25) is 19.9 Å². The fourth-order valence-corrected chi connectivity index (χ4v) is 2.21. The molecule has 26 heavy (non-hydrogen) atoms. The van der Waals surface area contributed by atoms with Crippen molar-refractivity contribution in [1.29, 1.82) is 0 Å². The molecular formula is C17H19N3O6. The lowest BCUT2D eigenvalue weighted by atomic mass is 10.1. The molecule has 1 aromatic carbocycles. The number of unbranched alkanes of at least 4 members (excludes halogenated alkanes) is 1. The van der Waals surface area contributed by atoms with Crippen LogP contribution in [-0.4, -0.2) is 28.6 Å². The number of aromatic amines is 2. The first-order valence-corrected chi connectivity index (χ1v) is 7.96.